The molecule has 0 fully saturated rings. The number of ether oxygens (including phenoxy) is 1. The van der Waals surface area contributed by atoms with Gasteiger partial charge in [0.05, 0.1) is 23.7 Å². The van der Waals surface area contributed by atoms with E-state index in [1.165, 1.54) is 0 Å². The third-order valence-electron chi connectivity index (χ3n) is 2.69. The average Bonchev–Trinajstić information content (AvgIpc) is 3.17. The van der Waals surface area contributed by atoms with Gasteiger partial charge in [-0.1, -0.05) is 6.07 Å². The number of thiophene rings is 1. The Morgan fingerprint density at radius 2 is 2.38 bits per heavy atom. The molecule has 7 heteroatoms. The van der Waals surface area contributed by atoms with Crippen molar-refractivity contribution in [2.75, 3.05) is 26.8 Å². The first-order valence-electron chi connectivity index (χ1n) is 6.84. The van der Waals surface area contributed by atoms with Crippen LogP contribution in [0.4, 0.5) is 0 Å². The van der Waals surface area contributed by atoms with E-state index in [1.54, 1.807) is 24.6 Å². The molecular weight excluding hydrogens is 288 g/mol. The molecule has 0 aromatic carbocycles. The highest BCUT2D eigenvalue weighted by Crippen LogP contribution is 2.23. The minimum atomic E-state index is 0.559. The third kappa shape index (κ3) is 4.87. The van der Waals surface area contributed by atoms with Gasteiger partial charge in [0.25, 0.3) is 0 Å². The summed E-state index contributed by atoms with van der Waals surface area (Å²) in [6.07, 6.45) is 1.66. The van der Waals surface area contributed by atoms with Crippen molar-refractivity contribution in [2.24, 2.45) is 4.99 Å². The van der Waals surface area contributed by atoms with Crippen LogP contribution in [-0.4, -0.2) is 37.7 Å². The fourth-order valence-corrected chi connectivity index (χ4v) is 2.34. The Labute approximate surface area is 128 Å². The van der Waals surface area contributed by atoms with E-state index >= 15 is 0 Å². The topological polar surface area (TPSA) is 71.7 Å². The highest BCUT2D eigenvalue weighted by atomic mass is 32.1. The van der Waals surface area contributed by atoms with Gasteiger partial charge in [0.2, 0.25) is 5.89 Å². The second kappa shape index (κ2) is 8.43. The van der Waals surface area contributed by atoms with Crippen LogP contribution in [0.1, 0.15) is 12.6 Å². The molecule has 0 spiro atoms. The fraction of sp³-hybridized carbons (Fsp3) is 0.429. The highest BCUT2D eigenvalue weighted by molar-refractivity contribution is 7.13. The van der Waals surface area contributed by atoms with Crippen LogP contribution < -0.4 is 10.6 Å². The van der Waals surface area contributed by atoms with Crippen molar-refractivity contribution < 1.29 is 9.15 Å². The van der Waals surface area contributed by atoms with Gasteiger partial charge in [-0.3, -0.25) is 4.99 Å². The van der Waals surface area contributed by atoms with E-state index < -0.39 is 0 Å². The molecule has 0 radical (unpaired) electrons. The van der Waals surface area contributed by atoms with Crippen LogP contribution in [0.3, 0.4) is 0 Å². The number of nitrogens with zero attached hydrogens (tertiary/aromatic N) is 2. The Balaban J connectivity index is 1.79. The van der Waals surface area contributed by atoms with Crippen molar-refractivity contribution >= 4 is 17.3 Å². The predicted octanol–water partition coefficient (Wildman–Crippen LogP) is 2.10. The van der Waals surface area contributed by atoms with Gasteiger partial charge >= 0.3 is 0 Å². The van der Waals surface area contributed by atoms with Crippen molar-refractivity contribution in [3.63, 3.8) is 0 Å². The first-order valence-corrected chi connectivity index (χ1v) is 7.72. The van der Waals surface area contributed by atoms with Crippen molar-refractivity contribution in [3.05, 3.63) is 29.5 Å². The van der Waals surface area contributed by atoms with Crippen LogP contribution in [-0.2, 0) is 11.3 Å². The summed E-state index contributed by atoms with van der Waals surface area (Å²) in [5.41, 5.74) is 0.839. The van der Waals surface area contributed by atoms with Gasteiger partial charge in [-0.25, -0.2) is 4.98 Å². The molecule has 2 aromatic heterocycles. The summed E-state index contributed by atoms with van der Waals surface area (Å²) in [5, 5.41) is 8.35. The molecule has 0 aliphatic rings. The van der Waals surface area contributed by atoms with Crippen LogP contribution >= 0.6 is 11.3 Å². The van der Waals surface area contributed by atoms with E-state index in [4.69, 9.17) is 9.15 Å². The average molecular weight is 308 g/mol. The van der Waals surface area contributed by atoms with Gasteiger partial charge in [0.1, 0.15) is 6.26 Å². The third-order valence-corrected chi connectivity index (χ3v) is 3.55. The number of hydrogen-bond acceptors (Lipinski definition) is 5. The van der Waals surface area contributed by atoms with E-state index in [0.717, 1.165) is 23.1 Å². The molecule has 0 atom stereocenters. The van der Waals surface area contributed by atoms with Crippen molar-refractivity contribution in [3.8, 4) is 10.8 Å². The lowest BCUT2D eigenvalue weighted by Gasteiger charge is -2.10. The predicted molar refractivity (Wildman–Crippen MR) is 84.5 cm³/mol. The van der Waals surface area contributed by atoms with Crippen LogP contribution in [0.25, 0.3) is 10.8 Å². The van der Waals surface area contributed by atoms with Crippen LogP contribution in [0, 0.1) is 0 Å². The molecule has 0 saturated heterocycles. The first-order chi connectivity index (χ1) is 10.3. The lowest BCUT2D eigenvalue weighted by atomic mass is 10.4. The molecular formula is C14H20N4O2S. The Morgan fingerprint density at radius 1 is 1.48 bits per heavy atom. The largest absolute Gasteiger partial charge is 0.443 e. The normalized spacial score (nSPS) is 11.6. The molecule has 0 unspecified atom stereocenters. The summed E-state index contributed by atoms with van der Waals surface area (Å²) >= 11 is 1.61. The SMILES string of the molecule is CCOCCNC(=NC)NCc1coc(-c2cccs2)n1. The number of hydrogen-bond donors (Lipinski definition) is 2. The van der Waals surface area contributed by atoms with Crippen LogP contribution in [0.5, 0.6) is 0 Å². The van der Waals surface area contributed by atoms with Gasteiger partial charge in [0, 0.05) is 20.2 Å². The Hall–Kier alpha value is -1.86. The maximum absolute atomic E-state index is 5.47. The number of rotatable bonds is 7. The molecule has 0 saturated carbocycles. The lowest BCUT2D eigenvalue weighted by molar-refractivity contribution is 0.152. The van der Waals surface area contributed by atoms with Crippen molar-refractivity contribution in [1.82, 2.24) is 15.6 Å². The molecule has 21 heavy (non-hydrogen) atoms. The molecule has 0 aliphatic carbocycles. The van der Waals surface area contributed by atoms with Crippen molar-refractivity contribution in [1.29, 1.82) is 0 Å². The quantitative estimate of drug-likeness (QED) is 0.466. The van der Waals surface area contributed by atoms with E-state index in [-0.39, 0.29) is 0 Å². The van der Waals surface area contributed by atoms with Crippen LogP contribution in [0.2, 0.25) is 0 Å². The smallest absolute Gasteiger partial charge is 0.236 e. The first kappa shape index (κ1) is 15.5. The summed E-state index contributed by atoms with van der Waals surface area (Å²) in [6.45, 7) is 4.63. The number of aliphatic imine (C=N–C) groups is 1. The summed E-state index contributed by atoms with van der Waals surface area (Å²) in [4.78, 5) is 9.61. The Kier molecular flexibility index (Phi) is 6.23. The fourth-order valence-electron chi connectivity index (χ4n) is 1.68. The van der Waals surface area contributed by atoms with Gasteiger partial charge in [-0.2, -0.15) is 0 Å². The molecule has 114 valence electrons. The van der Waals surface area contributed by atoms with Gasteiger partial charge in [0.15, 0.2) is 5.96 Å². The summed E-state index contributed by atoms with van der Waals surface area (Å²) in [5.74, 6) is 1.37. The summed E-state index contributed by atoms with van der Waals surface area (Å²) < 4.78 is 10.7. The summed E-state index contributed by atoms with van der Waals surface area (Å²) in [7, 11) is 1.73. The zero-order chi connectivity index (χ0) is 14.9. The van der Waals surface area contributed by atoms with E-state index in [9.17, 15) is 0 Å². The highest BCUT2D eigenvalue weighted by Gasteiger charge is 2.07. The van der Waals surface area contributed by atoms with Gasteiger partial charge in [-0.15, -0.1) is 11.3 Å². The molecule has 2 rings (SSSR count). The zero-order valence-electron chi connectivity index (χ0n) is 12.3. The molecule has 0 amide bonds. The minimum Gasteiger partial charge on any atom is -0.443 e. The maximum atomic E-state index is 5.47. The molecule has 0 bridgehead atoms. The molecule has 2 heterocycles. The Bertz CT molecular complexity index is 551. The monoisotopic (exact) mass is 308 g/mol. The van der Waals surface area contributed by atoms with Gasteiger partial charge < -0.3 is 19.8 Å². The minimum absolute atomic E-state index is 0.559. The standard InChI is InChI=1S/C14H20N4O2S/c1-3-19-7-6-16-14(15-2)17-9-11-10-20-13(18-11)12-5-4-8-21-12/h4-5,8,10H,3,6-7,9H2,1-2H3,(H2,15,16,17). The summed E-state index contributed by atoms with van der Waals surface area (Å²) in [6, 6.07) is 3.97. The number of oxazole rings is 1. The number of guanidine groups is 1. The van der Waals surface area contributed by atoms with Gasteiger partial charge in [-0.05, 0) is 18.4 Å². The number of nitrogens with one attached hydrogen (secondary N) is 2. The zero-order valence-corrected chi connectivity index (χ0v) is 13.1. The Morgan fingerprint density at radius 3 is 3.10 bits per heavy atom. The van der Waals surface area contributed by atoms with E-state index in [1.807, 2.05) is 24.4 Å². The number of aromatic nitrogens is 1. The maximum Gasteiger partial charge on any atom is 0.236 e. The van der Waals surface area contributed by atoms with E-state index in [0.29, 0.717) is 25.6 Å². The second-order valence-electron chi connectivity index (χ2n) is 4.17. The molecule has 6 nitrogen and oxygen atoms in total. The van der Waals surface area contributed by atoms with E-state index in [2.05, 4.69) is 20.6 Å². The van der Waals surface area contributed by atoms with Crippen molar-refractivity contribution in [2.45, 2.75) is 13.5 Å². The van der Waals surface area contributed by atoms with Crippen LogP contribution in [0.15, 0.2) is 33.2 Å². The lowest BCUT2D eigenvalue weighted by Crippen LogP contribution is -2.38. The second-order valence-corrected chi connectivity index (χ2v) is 5.12. The molecule has 2 N–H and O–H groups in total. The molecule has 2 aromatic rings. The molecule has 0 aliphatic heterocycles.